The highest BCUT2D eigenvalue weighted by atomic mass is 16.4. The van der Waals surface area contributed by atoms with Crippen molar-refractivity contribution in [3.63, 3.8) is 0 Å². The fourth-order valence-corrected chi connectivity index (χ4v) is 4.98. The van der Waals surface area contributed by atoms with Crippen molar-refractivity contribution in [1.29, 1.82) is 0 Å². The van der Waals surface area contributed by atoms with Crippen LogP contribution in [0.25, 0.3) is 11.1 Å². The fourth-order valence-electron chi connectivity index (χ4n) is 4.98. The van der Waals surface area contributed by atoms with Crippen molar-refractivity contribution in [3.8, 4) is 11.1 Å². The van der Waals surface area contributed by atoms with Crippen molar-refractivity contribution in [2.24, 2.45) is 5.92 Å². The summed E-state index contributed by atoms with van der Waals surface area (Å²) in [4.78, 5) is 36.2. The molecule has 2 heterocycles. The average molecular weight is 465 g/mol. The van der Waals surface area contributed by atoms with Crippen LogP contribution >= 0.6 is 0 Å². The highest BCUT2D eigenvalue weighted by molar-refractivity contribution is 6.01. The van der Waals surface area contributed by atoms with E-state index in [1.807, 2.05) is 38.2 Å². The molecule has 1 aromatic carbocycles. The van der Waals surface area contributed by atoms with Gasteiger partial charge in [0.15, 0.2) is 0 Å². The summed E-state index contributed by atoms with van der Waals surface area (Å²) >= 11 is 0. The molecule has 2 fully saturated rings. The number of anilines is 2. The number of rotatable bonds is 8. The Kier molecular flexibility index (Phi) is 7.22. The number of nitrogens with zero attached hydrogens (tertiary/aromatic N) is 4. The smallest absolute Gasteiger partial charge is 0.336 e. The van der Waals surface area contributed by atoms with Crippen LogP contribution in [0.1, 0.15) is 55.5 Å². The summed E-state index contributed by atoms with van der Waals surface area (Å²) < 4.78 is 0. The Morgan fingerprint density at radius 1 is 1.06 bits per heavy atom. The number of hydrogen-bond donors (Lipinski definition) is 1. The lowest BCUT2D eigenvalue weighted by Gasteiger charge is -2.35. The molecule has 0 radical (unpaired) electrons. The van der Waals surface area contributed by atoms with Crippen LogP contribution in [0.15, 0.2) is 30.5 Å². The third-order valence-corrected chi connectivity index (χ3v) is 7.21. The Bertz CT molecular complexity index is 1040. The predicted octanol–water partition coefficient (Wildman–Crippen LogP) is 4.30. The standard InChI is InChI=1S/C27H36N4O3/c1-5-22-23(27(33)34)15-20(16-24(22)31(6-2)26(32)18-7-8-18)19-9-10-25(28-17-19)30-13-11-21(12-14-30)29(3)4/h9-10,15-18,21H,5-8,11-14H2,1-4H3,(H,33,34). The zero-order valence-corrected chi connectivity index (χ0v) is 20.8. The van der Waals surface area contributed by atoms with E-state index < -0.39 is 5.97 Å². The van der Waals surface area contributed by atoms with Crippen LogP contribution in [0.2, 0.25) is 0 Å². The lowest BCUT2D eigenvalue weighted by Crippen LogP contribution is -2.42. The first kappa shape index (κ1) is 24.2. The molecule has 0 bridgehead atoms. The van der Waals surface area contributed by atoms with E-state index in [4.69, 9.17) is 4.98 Å². The topological polar surface area (TPSA) is 77.0 Å². The van der Waals surface area contributed by atoms with Crippen LogP contribution in [-0.4, -0.2) is 66.6 Å². The fraction of sp³-hybridized carbons (Fsp3) is 0.519. The van der Waals surface area contributed by atoms with Gasteiger partial charge in [0.25, 0.3) is 0 Å². The lowest BCUT2D eigenvalue weighted by molar-refractivity contribution is -0.119. The van der Waals surface area contributed by atoms with Gasteiger partial charge in [-0.1, -0.05) is 6.92 Å². The Labute approximate surface area is 202 Å². The van der Waals surface area contributed by atoms with Crippen molar-refractivity contribution in [3.05, 3.63) is 41.6 Å². The highest BCUT2D eigenvalue weighted by Gasteiger charge is 2.34. The first-order valence-electron chi connectivity index (χ1n) is 12.4. The van der Waals surface area contributed by atoms with Gasteiger partial charge >= 0.3 is 5.97 Å². The minimum absolute atomic E-state index is 0.0687. The van der Waals surface area contributed by atoms with E-state index in [0.29, 0.717) is 30.3 Å². The monoisotopic (exact) mass is 464 g/mol. The molecule has 7 heteroatoms. The molecule has 182 valence electrons. The van der Waals surface area contributed by atoms with Crippen molar-refractivity contribution in [1.82, 2.24) is 9.88 Å². The number of aromatic carboxylic acids is 1. The van der Waals surface area contributed by atoms with Crippen LogP contribution in [0.4, 0.5) is 11.5 Å². The van der Waals surface area contributed by atoms with Gasteiger partial charge in [-0.25, -0.2) is 9.78 Å². The molecule has 2 aliphatic rings. The molecule has 0 spiro atoms. The van der Waals surface area contributed by atoms with E-state index in [2.05, 4.69) is 23.9 Å². The normalized spacial score (nSPS) is 16.7. The molecule has 7 nitrogen and oxygen atoms in total. The zero-order chi connectivity index (χ0) is 24.4. The van der Waals surface area contributed by atoms with Gasteiger partial charge in [0.1, 0.15) is 5.82 Å². The summed E-state index contributed by atoms with van der Waals surface area (Å²) in [6, 6.07) is 8.33. The molecular weight excluding hydrogens is 428 g/mol. The number of aromatic nitrogens is 1. The van der Waals surface area contributed by atoms with Crippen LogP contribution in [0, 0.1) is 5.92 Å². The van der Waals surface area contributed by atoms with Crippen molar-refractivity contribution < 1.29 is 14.7 Å². The molecule has 4 rings (SSSR count). The molecule has 1 N–H and O–H groups in total. The molecular formula is C27H36N4O3. The number of carboxylic acid groups (broad SMARTS) is 1. The number of hydrogen-bond acceptors (Lipinski definition) is 5. The molecule has 2 aromatic rings. The molecule has 1 saturated carbocycles. The van der Waals surface area contributed by atoms with Crippen LogP contribution in [-0.2, 0) is 11.2 Å². The summed E-state index contributed by atoms with van der Waals surface area (Å²) in [5, 5.41) is 9.95. The van der Waals surface area contributed by atoms with E-state index in [1.54, 1.807) is 11.0 Å². The predicted molar refractivity (Wildman–Crippen MR) is 136 cm³/mol. The molecule has 1 aliphatic carbocycles. The Hall–Kier alpha value is -2.93. The van der Waals surface area contributed by atoms with Crippen LogP contribution < -0.4 is 9.80 Å². The maximum atomic E-state index is 13.0. The van der Waals surface area contributed by atoms with E-state index in [9.17, 15) is 14.7 Å². The number of pyridine rings is 1. The van der Waals surface area contributed by atoms with Gasteiger partial charge in [-0.2, -0.15) is 0 Å². The first-order chi connectivity index (χ1) is 16.3. The molecule has 1 saturated heterocycles. The second-order valence-corrected chi connectivity index (χ2v) is 9.62. The van der Waals surface area contributed by atoms with Crippen LogP contribution in [0.5, 0.6) is 0 Å². The Morgan fingerprint density at radius 3 is 2.26 bits per heavy atom. The SMILES string of the molecule is CCc1c(C(=O)O)cc(-c2ccc(N3CCC(N(C)C)CC3)nc2)cc1N(CC)C(=O)C1CC1. The third kappa shape index (κ3) is 4.94. The number of carboxylic acids is 1. The van der Waals surface area contributed by atoms with Crippen molar-refractivity contribution in [2.45, 2.75) is 52.0 Å². The van der Waals surface area contributed by atoms with Gasteiger partial charge in [-0.3, -0.25) is 4.79 Å². The van der Waals surface area contributed by atoms with Crippen molar-refractivity contribution in [2.75, 3.05) is 43.5 Å². The molecule has 34 heavy (non-hydrogen) atoms. The number of carbonyl (C=O) groups is 2. The second kappa shape index (κ2) is 10.1. The van der Waals surface area contributed by atoms with E-state index in [-0.39, 0.29) is 17.4 Å². The largest absolute Gasteiger partial charge is 0.478 e. The summed E-state index contributed by atoms with van der Waals surface area (Å²) in [6.45, 7) is 6.36. The van der Waals surface area contributed by atoms with Gasteiger partial charge in [0, 0.05) is 49.0 Å². The van der Waals surface area contributed by atoms with Gasteiger partial charge in [0.2, 0.25) is 5.91 Å². The van der Waals surface area contributed by atoms with Gasteiger partial charge < -0.3 is 19.8 Å². The molecule has 1 amide bonds. The van der Waals surface area contributed by atoms with Crippen LogP contribution in [0.3, 0.4) is 0 Å². The highest BCUT2D eigenvalue weighted by Crippen LogP contribution is 2.37. The van der Waals surface area contributed by atoms with Gasteiger partial charge in [-0.15, -0.1) is 0 Å². The quantitative estimate of drug-likeness (QED) is 0.628. The van der Waals surface area contributed by atoms with Crippen molar-refractivity contribution >= 4 is 23.4 Å². The van der Waals surface area contributed by atoms with E-state index >= 15 is 0 Å². The molecule has 1 aromatic heterocycles. The zero-order valence-electron chi connectivity index (χ0n) is 20.8. The minimum atomic E-state index is -0.969. The summed E-state index contributed by atoms with van der Waals surface area (Å²) in [7, 11) is 4.27. The summed E-state index contributed by atoms with van der Waals surface area (Å²) in [5.74, 6) is 0.145. The summed E-state index contributed by atoms with van der Waals surface area (Å²) in [6.07, 6.45) is 6.43. The molecule has 0 atom stereocenters. The number of piperidine rings is 1. The first-order valence-corrected chi connectivity index (χ1v) is 12.4. The molecule has 0 unspecified atom stereocenters. The Morgan fingerprint density at radius 2 is 1.76 bits per heavy atom. The maximum absolute atomic E-state index is 13.0. The average Bonchev–Trinajstić information content (AvgIpc) is 3.69. The molecule has 1 aliphatic heterocycles. The minimum Gasteiger partial charge on any atom is -0.478 e. The lowest BCUT2D eigenvalue weighted by atomic mass is 9.95. The number of carbonyl (C=O) groups excluding carboxylic acids is 1. The number of benzene rings is 1. The Balaban J connectivity index is 1.65. The number of amides is 1. The second-order valence-electron chi connectivity index (χ2n) is 9.62. The summed E-state index contributed by atoms with van der Waals surface area (Å²) in [5.41, 5.74) is 3.31. The van der Waals surface area contributed by atoms with E-state index in [1.165, 1.54) is 0 Å². The van der Waals surface area contributed by atoms with Gasteiger partial charge in [0.05, 0.1) is 5.56 Å². The third-order valence-electron chi connectivity index (χ3n) is 7.21. The maximum Gasteiger partial charge on any atom is 0.336 e. The van der Waals surface area contributed by atoms with Gasteiger partial charge in [-0.05, 0) is 88.5 Å². The van der Waals surface area contributed by atoms with E-state index in [0.717, 1.165) is 55.7 Å².